The fourth-order valence-electron chi connectivity index (χ4n) is 1.68. The van der Waals surface area contributed by atoms with E-state index < -0.39 is 0 Å². The van der Waals surface area contributed by atoms with E-state index in [1.807, 2.05) is 25.1 Å². The molecule has 1 aromatic rings. The van der Waals surface area contributed by atoms with Crippen LogP contribution in [0.2, 0.25) is 0 Å². The third-order valence-electron chi connectivity index (χ3n) is 2.46. The first-order valence-electron chi connectivity index (χ1n) is 4.90. The van der Waals surface area contributed by atoms with Crippen LogP contribution >= 0.6 is 0 Å². The highest BCUT2D eigenvalue weighted by atomic mass is 16.6. The summed E-state index contributed by atoms with van der Waals surface area (Å²) in [5, 5.41) is 2.66. The number of nitrogens with one attached hydrogen (secondary N) is 1. The number of cyclic esters (lactones) is 1. The molecule has 0 spiro atoms. The van der Waals surface area contributed by atoms with Crippen molar-refractivity contribution in [3.63, 3.8) is 0 Å². The smallest absolute Gasteiger partial charge is 0.412 e. The Kier molecular flexibility index (Phi) is 2.49. The molecule has 0 saturated heterocycles. The number of methoxy groups -OCH3 is 1. The summed E-state index contributed by atoms with van der Waals surface area (Å²) in [5.74, 6) is 0.770. The number of fused-ring (bicyclic) bond motifs is 1. The summed E-state index contributed by atoms with van der Waals surface area (Å²) in [6, 6.07) is 5.54. The molecular weight excluding hydrogens is 194 g/mol. The molecule has 1 amide bonds. The first kappa shape index (κ1) is 9.83. The number of rotatable bonds is 2. The Labute approximate surface area is 88.2 Å². The van der Waals surface area contributed by atoms with Crippen molar-refractivity contribution >= 4 is 11.8 Å². The summed E-state index contributed by atoms with van der Waals surface area (Å²) >= 11 is 0. The largest absolute Gasteiger partial charge is 0.497 e. The van der Waals surface area contributed by atoms with Crippen LogP contribution in [0.1, 0.15) is 25.0 Å². The average molecular weight is 207 g/mol. The molecule has 4 heteroatoms. The van der Waals surface area contributed by atoms with E-state index in [0.717, 1.165) is 23.4 Å². The predicted molar refractivity (Wildman–Crippen MR) is 56.1 cm³/mol. The lowest BCUT2D eigenvalue weighted by molar-refractivity contribution is 0.104. The number of anilines is 1. The Morgan fingerprint density at radius 2 is 2.33 bits per heavy atom. The molecule has 15 heavy (non-hydrogen) atoms. The van der Waals surface area contributed by atoms with Gasteiger partial charge in [-0.1, -0.05) is 6.92 Å². The Morgan fingerprint density at radius 3 is 3.00 bits per heavy atom. The van der Waals surface area contributed by atoms with Crippen molar-refractivity contribution in [1.29, 1.82) is 0 Å². The summed E-state index contributed by atoms with van der Waals surface area (Å²) in [7, 11) is 1.62. The lowest BCUT2D eigenvalue weighted by Crippen LogP contribution is -2.24. The van der Waals surface area contributed by atoms with Crippen molar-refractivity contribution in [2.45, 2.75) is 19.4 Å². The van der Waals surface area contributed by atoms with Crippen LogP contribution in [-0.4, -0.2) is 13.2 Å². The molecule has 1 atom stereocenters. The van der Waals surface area contributed by atoms with Gasteiger partial charge in [0.1, 0.15) is 11.9 Å². The maximum Gasteiger partial charge on any atom is 0.412 e. The molecule has 1 unspecified atom stereocenters. The second-order valence-electron chi connectivity index (χ2n) is 3.38. The van der Waals surface area contributed by atoms with Gasteiger partial charge in [-0.25, -0.2) is 4.79 Å². The van der Waals surface area contributed by atoms with Crippen LogP contribution in [0, 0.1) is 0 Å². The fraction of sp³-hybridized carbons (Fsp3) is 0.364. The number of amides is 1. The number of benzene rings is 1. The zero-order chi connectivity index (χ0) is 10.8. The van der Waals surface area contributed by atoms with Crippen LogP contribution in [0.4, 0.5) is 10.5 Å². The monoisotopic (exact) mass is 207 g/mol. The summed E-state index contributed by atoms with van der Waals surface area (Å²) in [6.45, 7) is 1.98. The summed E-state index contributed by atoms with van der Waals surface area (Å²) in [6.07, 6.45) is 0.191. The molecule has 0 saturated carbocycles. The Balaban J connectivity index is 2.42. The summed E-state index contributed by atoms with van der Waals surface area (Å²) < 4.78 is 10.3. The minimum absolute atomic E-state index is 0.177. The van der Waals surface area contributed by atoms with E-state index in [1.54, 1.807) is 7.11 Å². The minimum atomic E-state index is -0.389. The molecule has 0 aliphatic carbocycles. The topological polar surface area (TPSA) is 47.6 Å². The molecular formula is C11H13NO3. The second-order valence-corrected chi connectivity index (χ2v) is 3.38. The quantitative estimate of drug-likeness (QED) is 0.811. The molecule has 0 fully saturated rings. The third-order valence-corrected chi connectivity index (χ3v) is 2.46. The number of carbonyl (C=O) groups excluding carboxylic acids is 1. The van der Waals surface area contributed by atoms with Gasteiger partial charge in [0.05, 0.1) is 12.8 Å². The Morgan fingerprint density at radius 1 is 1.53 bits per heavy atom. The van der Waals surface area contributed by atoms with E-state index in [2.05, 4.69) is 5.32 Å². The molecule has 1 aromatic carbocycles. The van der Waals surface area contributed by atoms with Crippen LogP contribution in [0.25, 0.3) is 0 Å². The summed E-state index contributed by atoms with van der Waals surface area (Å²) in [4.78, 5) is 11.2. The zero-order valence-electron chi connectivity index (χ0n) is 8.74. The van der Waals surface area contributed by atoms with E-state index in [9.17, 15) is 4.79 Å². The molecule has 1 aliphatic heterocycles. The van der Waals surface area contributed by atoms with Crippen molar-refractivity contribution in [3.05, 3.63) is 23.8 Å². The van der Waals surface area contributed by atoms with E-state index >= 15 is 0 Å². The maximum absolute atomic E-state index is 11.2. The Hall–Kier alpha value is -1.71. The SMILES string of the molecule is CCC1OC(=O)Nc2ccc(OC)cc21. The molecule has 80 valence electrons. The molecule has 1 aliphatic rings. The van der Waals surface area contributed by atoms with Crippen molar-refractivity contribution in [1.82, 2.24) is 0 Å². The highest BCUT2D eigenvalue weighted by Crippen LogP contribution is 2.34. The Bertz CT molecular complexity index is 389. The molecule has 0 bridgehead atoms. The molecule has 2 rings (SSSR count). The molecule has 4 nitrogen and oxygen atoms in total. The zero-order valence-corrected chi connectivity index (χ0v) is 8.74. The molecule has 0 radical (unpaired) electrons. The van der Waals surface area contributed by atoms with Gasteiger partial charge < -0.3 is 9.47 Å². The van der Waals surface area contributed by atoms with Crippen LogP contribution in [0.5, 0.6) is 5.75 Å². The standard InChI is InChI=1S/C11H13NO3/c1-3-10-8-6-7(14-2)4-5-9(8)12-11(13)15-10/h4-6,10H,3H2,1-2H3,(H,12,13). The van der Waals surface area contributed by atoms with Crippen LogP contribution < -0.4 is 10.1 Å². The van der Waals surface area contributed by atoms with Crippen molar-refractivity contribution in [2.75, 3.05) is 12.4 Å². The summed E-state index contributed by atoms with van der Waals surface area (Å²) in [5.41, 5.74) is 1.77. The second kappa shape index (κ2) is 3.81. The molecule has 1 heterocycles. The predicted octanol–water partition coefficient (Wildman–Crippen LogP) is 2.71. The lowest BCUT2D eigenvalue weighted by Gasteiger charge is -2.25. The van der Waals surface area contributed by atoms with Crippen molar-refractivity contribution in [3.8, 4) is 5.75 Å². The van der Waals surface area contributed by atoms with E-state index in [4.69, 9.17) is 9.47 Å². The van der Waals surface area contributed by atoms with Crippen LogP contribution in [0.15, 0.2) is 18.2 Å². The van der Waals surface area contributed by atoms with Crippen LogP contribution in [-0.2, 0) is 4.74 Å². The van der Waals surface area contributed by atoms with Gasteiger partial charge in [0.15, 0.2) is 0 Å². The third kappa shape index (κ3) is 1.75. The van der Waals surface area contributed by atoms with Gasteiger partial charge >= 0.3 is 6.09 Å². The fourth-order valence-corrected chi connectivity index (χ4v) is 1.68. The van der Waals surface area contributed by atoms with E-state index in [-0.39, 0.29) is 12.2 Å². The van der Waals surface area contributed by atoms with Gasteiger partial charge in [-0.05, 0) is 24.6 Å². The van der Waals surface area contributed by atoms with Crippen molar-refractivity contribution in [2.24, 2.45) is 0 Å². The molecule has 1 N–H and O–H groups in total. The van der Waals surface area contributed by atoms with Gasteiger partial charge in [0.25, 0.3) is 0 Å². The van der Waals surface area contributed by atoms with Gasteiger partial charge in [-0.2, -0.15) is 0 Å². The number of ether oxygens (including phenoxy) is 2. The number of hydrogen-bond donors (Lipinski definition) is 1. The minimum Gasteiger partial charge on any atom is -0.497 e. The number of hydrogen-bond acceptors (Lipinski definition) is 3. The molecule has 0 aromatic heterocycles. The van der Waals surface area contributed by atoms with Gasteiger partial charge in [-0.15, -0.1) is 0 Å². The maximum atomic E-state index is 11.2. The number of carbonyl (C=O) groups is 1. The van der Waals surface area contributed by atoms with Gasteiger partial charge in [0, 0.05) is 5.56 Å². The average Bonchev–Trinajstić information content (AvgIpc) is 2.27. The van der Waals surface area contributed by atoms with Gasteiger partial charge in [0.2, 0.25) is 0 Å². The van der Waals surface area contributed by atoms with Crippen LogP contribution in [0.3, 0.4) is 0 Å². The van der Waals surface area contributed by atoms with Crippen molar-refractivity contribution < 1.29 is 14.3 Å². The lowest BCUT2D eigenvalue weighted by atomic mass is 10.0. The van der Waals surface area contributed by atoms with E-state index in [1.165, 1.54) is 0 Å². The van der Waals surface area contributed by atoms with Gasteiger partial charge in [-0.3, -0.25) is 5.32 Å². The highest BCUT2D eigenvalue weighted by molar-refractivity contribution is 5.88. The normalized spacial score (nSPS) is 18.8. The first-order chi connectivity index (χ1) is 7.24. The highest BCUT2D eigenvalue weighted by Gasteiger charge is 2.24. The first-order valence-corrected chi connectivity index (χ1v) is 4.90. The van der Waals surface area contributed by atoms with E-state index in [0.29, 0.717) is 0 Å².